The minimum Gasteiger partial charge on any atom is -0.496 e. The van der Waals surface area contributed by atoms with Crippen LogP contribution in [0.2, 0.25) is 0 Å². The van der Waals surface area contributed by atoms with Gasteiger partial charge in [0, 0.05) is 43.2 Å². The van der Waals surface area contributed by atoms with Gasteiger partial charge in [0.1, 0.15) is 5.75 Å². The molecule has 2 aromatic rings. The number of ether oxygens (including phenoxy) is 2. The third-order valence-electron chi connectivity index (χ3n) is 3.76. The molecule has 0 bridgehead atoms. The van der Waals surface area contributed by atoms with Crippen molar-refractivity contribution in [2.75, 3.05) is 13.7 Å². The topological polar surface area (TPSA) is 52.5 Å². The van der Waals surface area contributed by atoms with Gasteiger partial charge >= 0.3 is 5.97 Å². The van der Waals surface area contributed by atoms with Crippen LogP contribution >= 0.6 is 0 Å². The van der Waals surface area contributed by atoms with Crippen molar-refractivity contribution >= 4 is 12.0 Å². The Morgan fingerprint density at radius 3 is 2.75 bits per heavy atom. The molecule has 0 aliphatic rings. The summed E-state index contributed by atoms with van der Waals surface area (Å²) in [5.41, 5.74) is 3.21. The molecule has 5 nitrogen and oxygen atoms in total. The molecule has 0 atom stereocenters. The Hall–Kier alpha value is -2.53. The third-order valence-corrected chi connectivity index (χ3v) is 3.76. The summed E-state index contributed by atoms with van der Waals surface area (Å²) in [6, 6.07) is 12.0. The fourth-order valence-corrected chi connectivity index (χ4v) is 2.43. The van der Waals surface area contributed by atoms with E-state index in [0.29, 0.717) is 6.61 Å². The first-order valence-corrected chi connectivity index (χ1v) is 7.97. The van der Waals surface area contributed by atoms with E-state index < -0.39 is 0 Å². The van der Waals surface area contributed by atoms with E-state index >= 15 is 0 Å². The number of nitrogens with zero attached hydrogens (tertiary/aromatic N) is 1. The summed E-state index contributed by atoms with van der Waals surface area (Å²) in [5.74, 6) is 0.560. The summed E-state index contributed by atoms with van der Waals surface area (Å²) >= 11 is 0. The van der Waals surface area contributed by atoms with E-state index in [2.05, 4.69) is 5.32 Å². The van der Waals surface area contributed by atoms with Crippen molar-refractivity contribution < 1.29 is 14.3 Å². The molecule has 0 saturated heterocycles. The Kier molecular flexibility index (Phi) is 6.63. The molecule has 0 aliphatic carbocycles. The maximum Gasteiger partial charge on any atom is 0.330 e. The van der Waals surface area contributed by atoms with Crippen molar-refractivity contribution in [1.29, 1.82) is 0 Å². The summed E-state index contributed by atoms with van der Waals surface area (Å²) in [6.45, 7) is 3.62. The van der Waals surface area contributed by atoms with Crippen molar-refractivity contribution in [3.8, 4) is 5.75 Å². The number of aromatic nitrogens is 1. The maximum absolute atomic E-state index is 11.4. The lowest BCUT2D eigenvalue weighted by Crippen LogP contribution is -2.15. The number of hydrogen-bond acceptors (Lipinski definition) is 4. The summed E-state index contributed by atoms with van der Waals surface area (Å²) in [6.07, 6.45) is 3.21. The van der Waals surface area contributed by atoms with E-state index in [1.165, 1.54) is 6.08 Å². The maximum atomic E-state index is 11.4. The van der Waals surface area contributed by atoms with E-state index in [-0.39, 0.29) is 5.97 Å². The predicted octanol–water partition coefficient (Wildman–Crippen LogP) is 2.90. The molecule has 5 heteroatoms. The van der Waals surface area contributed by atoms with Gasteiger partial charge in [-0.3, -0.25) is 0 Å². The van der Waals surface area contributed by atoms with E-state index in [1.807, 2.05) is 48.0 Å². The number of nitrogens with one attached hydrogen (secondary N) is 1. The number of carbonyl (C=O) groups excluding carboxylic acids is 1. The Labute approximate surface area is 142 Å². The SMILES string of the molecule is CCOC(=O)C=Cc1ccc(CNCc2ccccc2OC)n1C. The lowest BCUT2D eigenvalue weighted by atomic mass is 10.2. The molecule has 0 aliphatic heterocycles. The molecule has 0 unspecified atom stereocenters. The molecule has 1 N–H and O–H groups in total. The van der Waals surface area contributed by atoms with Gasteiger partial charge in [-0.15, -0.1) is 0 Å². The van der Waals surface area contributed by atoms with Gasteiger partial charge in [-0.05, 0) is 31.2 Å². The van der Waals surface area contributed by atoms with Gasteiger partial charge in [0.15, 0.2) is 0 Å². The van der Waals surface area contributed by atoms with E-state index in [1.54, 1.807) is 20.1 Å². The zero-order chi connectivity index (χ0) is 17.4. The fourth-order valence-electron chi connectivity index (χ4n) is 2.43. The second-order valence-corrected chi connectivity index (χ2v) is 5.31. The summed E-state index contributed by atoms with van der Waals surface area (Å²) in [7, 11) is 3.66. The van der Waals surface area contributed by atoms with Gasteiger partial charge < -0.3 is 19.4 Å². The predicted molar refractivity (Wildman–Crippen MR) is 94.6 cm³/mol. The standard InChI is InChI=1S/C19H24N2O3/c1-4-24-19(22)12-11-16-9-10-17(21(16)2)14-20-13-15-7-5-6-8-18(15)23-3/h5-12,20H,4,13-14H2,1-3H3. The number of esters is 1. The highest BCUT2D eigenvalue weighted by atomic mass is 16.5. The van der Waals surface area contributed by atoms with Gasteiger partial charge in [0.05, 0.1) is 13.7 Å². The minimum absolute atomic E-state index is 0.324. The lowest BCUT2D eigenvalue weighted by molar-refractivity contribution is -0.137. The highest BCUT2D eigenvalue weighted by molar-refractivity contribution is 5.86. The molecule has 24 heavy (non-hydrogen) atoms. The van der Waals surface area contributed by atoms with Crippen LogP contribution in [0.15, 0.2) is 42.5 Å². The number of rotatable bonds is 8. The number of carbonyl (C=O) groups is 1. The normalized spacial score (nSPS) is 11.0. The van der Waals surface area contributed by atoms with Crippen LogP contribution in [0.5, 0.6) is 5.75 Å². The van der Waals surface area contributed by atoms with Gasteiger partial charge in [0.2, 0.25) is 0 Å². The van der Waals surface area contributed by atoms with Gasteiger partial charge in [0.25, 0.3) is 0 Å². The molecule has 0 spiro atoms. The van der Waals surface area contributed by atoms with Crippen molar-refractivity contribution in [1.82, 2.24) is 9.88 Å². The van der Waals surface area contributed by atoms with Gasteiger partial charge in [-0.25, -0.2) is 4.79 Å². The molecule has 0 fully saturated rings. The zero-order valence-electron chi connectivity index (χ0n) is 14.4. The summed E-state index contributed by atoms with van der Waals surface area (Å²) in [5, 5.41) is 3.42. The van der Waals surface area contributed by atoms with Crippen LogP contribution in [0.25, 0.3) is 6.08 Å². The molecule has 1 heterocycles. The number of methoxy groups -OCH3 is 1. The van der Waals surface area contributed by atoms with Crippen LogP contribution in [0.1, 0.15) is 23.9 Å². The monoisotopic (exact) mass is 328 g/mol. The Morgan fingerprint density at radius 1 is 1.21 bits per heavy atom. The molecule has 0 radical (unpaired) electrons. The average Bonchev–Trinajstić information content (AvgIpc) is 2.94. The third kappa shape index (κ3) is 4.73. The van der Waals surface area contributed by atoms with Gasteiger partial charge in [-0.1, -0.05) is 18.2 Å². The highest BCUT2D eigenvalue weighted by Crippen LogP contribution is 2.17. The van der Waals surface area contributed by atoms with Crippen molar-refractivity contribution in [3.05, 3.63) is 59.4 Å². The Morgan fingerprint density at radius 2 is 2.00 bits per heavy atom. The molecular weight excluding hydrogens is 304 g/mol. The molecular formula is C19H24N2O3. The highest BCUT2D eigenvalue weighted by Gasteiger charge is 2.05. The second kappa shape index (κ2) is 8.93. The van der Waals surface area contributed by atoms with Crippen molar-refractivity contribution in [2.45, 2.75) is 20.0 Å². The Balaban J connectivity index is 1.93. The summed E-state index contributed by atoms with van der Waals surface area (Å²) < 4.78 is 12.3. The smallest absolute Gasteiger partial charge is 0.330 e. The Bertz CT molecular complexity index is 704. The minimum atomic E-state index is -0.324. The van der Waals surface area contributed by atoms with Crippen molar-refractivity contribution in [3.63, 3.8) is 0 Å². The van der Waals surface area contributed by atoms with Crippen LogP contribution in [-0.2, 0) is 29.7 Å². The molecule has 2 rings (SSSR count). The first-order chi connectivity index (χ1) is 11.7. The largest absolute Gasteiger partial charge is 0.496 e. The van der Waals surface area contributed by atoms with Gasteiger partial charge in [-0.2, -0.15) is 0 Å². The molecule has 0 amide bonds. The lowest BCUT2D eigenvalue weighted by Gasteiger charge is -2.10. The van der Waals surface area contributed by atoms with Crippen molar-refractivity contribution in [2.24, 2.45) is 7.05 Å². The fraction of sp³-hybridized carbons (Fsp3) is 0.316. The average molecular weight is 328 g/mol. The second-order valence-electron chi connectivity index (χ2n) is 5.31. The first-order valence-electron chi connectivity index (χ1n) is 7.97. The molecule has 0 saturated carbocycles. The van der Waals surface area contributed by atoms with Crippen LogP contribution < -0.4 is 10.1 Å². The van der Waals surface area contributed by atoms with Crippen LogP contribution in [-0.4, -0.2) is 24.3 Å². The van der Waals surface area contributed by atoms with Crippen LogP contribution in [0.4, 0.5) is 0 Å². The number of para-hydroxylation sites is 1. The quantitative estimate of drug-likeness (QED) is 0.598. The molecule has 1 aromatic carbocycles. The molecule has 128 valence electrons. The molecule has 1 aromatic heterocycles. The number of benzene rings is 1. The zero-order valence-corrected chi connectivity index (χ0v) is 14.4. The van der Waals surface area contributed by atoms with E-state index in [4.69, 9.17) is 9.47 Å². The number of hydrogen-bond donors (Lipinski definition) is 1. The summed E-state index contributed by atoms with van der Waals surface area (Å²) in [4.78, 5) is 11.4. The van der Waals surface area contributed by atoms with Crippen LogP contribution in [0.3, 0.4) is 0 Å². The first kappa shape index (κ1) is 17.8. The van der Waals surface area contributed by atoms with E-state index in [0.717, 1.165) is 35.8 Å². The van der Waals surface area contributed by atoms with E-state index in [9.17, 15) is 4.79 Å². The van der Waals surface area contributed by atoms with Crippen LogP contribution in [0, 0.1) is 0 Å².